The Morgan fingerprint density at radius 1 is 1.37 bits per heavy atom. The lowest BCUT2D eigenvalue weighted by atomic mass is 10.1. The van der Waals surface area contributed by atoms with Crippen LogP contribution < -0.4 is 10.1 Å². The maximum absolute atomic E-state index is 9.56. The molecule has 1 aromatic carbocycles. The van der Waals surface area contributed by atoms with Crippen LogP contribution in [-0.4, -0.2) is 29.8 Å². The number of benzene rings is 1. The maximum Gasteiger partial charge on any atom is 0.160 e. The molecular formula is C15H23NO2S. The van der Waals surface area contributed by atoms with Crippen molar-refractivity contribution in [1.82, 2.24) is 5.32 Å². The van der Waals surface area contributed by atoms with Crippen molar-refractivity contribution in [2.75, 3.05) is 19.9 Å². The Kier molecular flexibility index (Phi) is 4.99. The lowest BCUT2D eigenvalue weighted by Crippen LogP contribution is -2.34. The Balaban J connectivity index is 1.88. The SMILES string of the molecule is COc1cc(CNCC2(SC)CCCC2)ccc1O. The molecule has 0 unspecified atom stereocenters. The zero-order chi connectivity index (χ0) is 13.7. The zero-order valence-electron chi connectivity index (χ0n) is 11.7. The fraction of sp³-hybridized carbons (Fsp3) is 0.600. The molecule has 0 heterocycles. The van der Waals surface area contributed by atoms with Crippen LogP contribution in [-0.2, 0) is 6.54 Å². The van der Waals surface area contributed by atoms with Gasteiger partial charge in [-0.2, -0.15) is 11.8 Å². The van der Waals surface area contributed by atoms with E-state index >= 15 is 0 Å². The van der Waals surface area contributed by atoms with Crippen LogP contribution >= 0.6 is 11.8 Å². The fourth-order valence-electron chi connectivity index (χ4n) is 2.74. The van der Waals surface area contributed by atoms with Crippen molar-refractivity contribution in [1.29, 1.82) is 0 Å². The summed E-state index contributed by atoms with van der Waals surface area (Å²) in [5.74, 6) is 0.738. The molecule has 4 heteroatoms. The Morgan fingerprint density at radius 3 is 2.74 bits per heavy atom. The summed E-state index contributed by atoms with van der Waals surface area (Å²) in [6, 6.07) is 5.52. The molecule has 2 rings (SSSR count). The Morgan fingerprint density at radius 2 is 2.11 bits per heavy atom. The van der Waals surface area contributed by atoms with Gasteiger partial charge in [0.05, 0.1) is 7.11 Å². The highest BCUT2D eigenvalue weighted by molar-refractivity contribution is 8.00. The molecule has 106 valence electrons. The van der Waals surface area contributed by atoms with E-state index in [2.05, 4.69) is 11.6 Å². The topological polar surface area (TPSA) is 41.5 Å². The molecule has 1 aliphatic carbocycles. The molecule has 0 spiro atoms. The standard InChI is InChI=1S/C15H23NO2S/c1-18-14-9-12(5-6-13(14)17)10-16-11-15(19-2)7-3-4-8-15/h5-6,9,16-17H,3-4,7-8,10-11H2,1-2H3. The Hall–Kier alpha value is -0.870. The quantitative estimate of drug-likeness (QED) is 0.840. The Labute approximate surface area is 119 Å². The molecule has 0 atom stereocenters. The second kappa shape index (κ2) is 6.53. The third-order valence-corrected chi connectivity index (χ3v) is 5.39. The van der Waals surface area contributed by atoms with E-state index in [1.807, 2.05) is 23.9 Å². The number of rotatable bonds is 6. The average molecular weight is 281 g/mol. The van der Waals surface area contributed by atoms with Crippen molar-refractivity contribution in [3.05, 3.63) is 23.8 Å². The number of ether oxygens (including phenoxy) is 1. The minimum atomic E-state index is 0.197. The smallest absolute Gasteiger partial charge is 0.160 e. The van der Waals surface area contributed by atoms with Crippen LogP contribution in [0.1, 0.15) is 31.2 Å². The van der Waals surface area contributed by atoms with Crippen LogP contribution in [0.2, 0.25) is 0 Å². The van der Waals surface area contributed by atoms with Crippen molar-refractivity contribution in [2.45, 2.75) is 37.0 Å². The van der Waals surface area contributed by atoms with Crippen molar-refractivity contribution in [2.24, 2.45) is 0 Å². The van der Waals surface area contributed by atoms with Crippen molar-refractivity contribution in [3.8, 4) is 11.5 Å². The number of nitrogens with one attached hydrogen (secondary N) is 1. The maximum atomic E-state index is 9.56. The van der Waals surface area contributed by atoms with Gasteiger partial charge in [0, 0.05) is 17.8 Å². The van der Waals surface area contributed by atoms with Gasteiger partial charge in [-0.15, -0.1) is 0 Å². The summed E-state index contributed by atoms with van der Waals surface area (Å²) in [7, 11) is 1.58. The van der Waals surface area contributed by atoms with Gasteiger partial charge in [-0.1, -0.05) is 18.9 Å². The molecule has 0 aromatic heterocycles. The van der Waals surface area contributed by atoms with E-state index in [0.717, 1.165) is 18.7 Å². The normalized spacial score (nSPS) is 17.6. The highest BCUT2D eigenvalue weighted by atomic mass is 32.2. The van der Waals surface area contributed by atoms with Gasteiger partial charge in [-0.05, 0) is 36.8 Å². The summed E-state index contributed by atoms with van der Waals surface area (Å²) < 4.78 is 5.56. The highest BCUT2D eigenvalue weighted by Crippen LogP contribution is 2.39. The monoisotopic (exact) mass is 281 g/mol. The van der Waals surface area contributed by atoms with E-state index in [9.17, 15) is 5.11 Å². The van der Waals surface area contributed by atoms with E-state index in [1.54, 1.807) is 13.2 Å². The third kappa shape index (κ3) is 3.57. The van der Waals surface area contributed by atoms with Crippen molar-refractivity contribution in [3.63, 3.8) is 0 Å². The summed E-state index contributed by atoms with van der Waals surface area (Å²) in [4.78, 5) is 0. The first kappa shape index (κ1) is 14.5. The Bertz CT molecular complexity index is 417. The van der Waals surface area contributed by atoms with Crippen molar-refractivity contribution < 1.29 is 9.84 Å². The van der Waals surface area contributed by atoms with Gasteiger partial charge in [0.1, 0.15) is 0 Å². The summed E-state index contributed by atoms with van der Waals surface area (Å²) in [5.41, 5.74) is 1.14. The number of aromatic hydroxyl groups is 1. The number of phenolic OH excluding ortho intramolecular Hbond substituents is 1. The second-order valence-electron chi connectivity index (χ2n) is 5.20. The molecule has 19 heavy (non-hydrogen) atoms. The van der Waals surface area contributed by atoms with E-state index in [-0.39, 0.29) is 5.75 Å². The molecule has 1 aromatic rings. The van der Waals surface area contributed by atoms with E-state index in [4.69, 9.17) is 4.74 Å². The predicted molar refractivity (Wildman–Crippen MR) is 81.1 cm³/mol. The number of hydrogen-bond acceptors (Lipinski definition) is 4. The average Bonchev–Trinajstić information content (AvgIpc) is 2.90. The molecule has 3 nitrogen and oxygen atoms in total. The van der Waals surface area contributed by atoms with Gasteiger partial charge in [0.25, 0.3) is 0 Å². The molecule has 1 saturated carbocycles. The van der Waals surface area contributed by atoms with E-state index < -0.39 is 0 Å². The van der Waals surface area contributed by atoms with Crippen LogP contribution in [0, 0.1) is 0 Å². The van der Waals surface area contributed by atoms with Gasteiger partial charge in [-0.3, -0.25) is 0 Å². The first-order valence-electron chi connectivity index (χ1n) is 6.81. The summed E-state index contributed by atoms with van der Waals surface area (Å²) >= 11 is 2.00. The van der Waals surface area contributed by atoms with Gasteiger partial charge in [-0.25, -0.2) is 0 Å². The van der Waals surface area contributed by atoms with E-state index in [1.165, 1.54) is 25.7 Å². The van der Waals surface area contributed by atoms with Crippen LogP contribution in [0.3, 0.4) is 0 Å². The van der Waals surface area contributed by atoms with E-state index in [0.29, 0.717) is 10.5 Å². The highest BCUT2D eigenvalue weighted by Gasteiger charge is 2.32. The van der Waals surface area contributed by atoms with Crippen LogP contribution in [0.5, 0.6) is 11.5 Å². The fourth-order valence-corrected chi connectivity index (χ4v) is 3.68. The van der Waals surface area contributed by atoms with Crippen LogP contribution in [0.25, 0.3) is 0 Å². The summed E-state index contributed by atoms with van der Waals surface area (Å²) in [6.07, 6.45) is 7.57. The first-order chi connectivity index (χ1) is 9.19. The minimum Gasteiger partial charge on any atom is -0.504 e. The van der Waals surface area contributed by atoms with Crippen LogP contribution in [0.15, 0.2) is 18.2 Å². The molecule has 1 fully saturated rings. The number of thioether (sulfide) groups is 1. The van der Waals surface area contributed by atoms with Crippen molar-refractivity contribution >= 4 is 11.8 Å². The molecule has 1 aliphatic rings. The molecule has 0 aliphatic heterocycles. The minimum absolute atomic E-state index is 0.197. The number of phenols is 1. The van der Waals surface area contributed by atoms with Gasteiger partial charge in [0.15, 0.2) is 11.5 Å². The van der Waals surface area contributed by atoms with Crippen LogP contribution in [0.4, 0.5) is 0 Å². The molecule has 0 bridgehead atoms. The molecule has 2 N–H and O–H groups in total. The summed E-state index contributed by atoms with van der Waals surface area (Å²) in [6.45, 7) is 1.87. The number of methoxy groups -OCH3 is 1. The third-order valence-electron chi connectivity index (χ3n) is 3.97. The molecule has 0 saturated heterocycles. The lowest BCUT2D eigenvalue weighted by Gasteiger charge is -2.27. The molecule has 0 radical (unpaired) electrons. The van der Waals surface area contributed by atoms with Gasteiger partial charge < -0.3 is 15.2 Å². The van der Waals surface area contributed by atoms with Gasteiger partial charge in [0.2, 0.25) is 0 Å². The van der Waals surface area contributed by atoms with Gasteiger partial charge >= 0.3 is 0 Å². The molecule has 0 amide bonds. The number of hydrogen-bond donors (Lipinski definition) is 2. The lowest BCUT2D eigenvalue weighted by molar-refractivity contribution is 0.372. The largest absolute Gasteiger partial charge is 0.504 e. The predicted octanol–water partition coefficient (Wildman–Crippen LogP) is 3.17. The summed E-state index contributed by atoms with van der Waals surface area (Å²) in [5, 5.41) is 13.1. The molecular weight excluding hydrogens is 258 g/mol. The second-order valence-corrected chi connectivity index (χ2v) is 6.48. The zero-order valence-corrected chi connectivity index (χ0v) is 12.6. The first-order valence-corrected chi connectivity index (χ1v) is 8.03.